The summed E-state index contributed by atoms with van der Waals surface area (Å²) < 4.78 is 40.7. The first-order valence-corrected chi connectivity index (χ1v) is 5.11. The molecule has 0 spiro atoms. The molecule has 0 fully saturated rings. The minimum Gasteiger partial charge on any atom is -0.493 e. The first-order chi connectivity index (χ1) is 8.33. The molecule has 0 heterocycles. The van der Waals surface area contributed by atoms with Crippen molar-refractivity contribution in [2.24, 2.45) is 10.9 Å². The van der Waals surface area contributed by atoms with Gasteiger partial charge in [-0.05, 0) is 30.7 Å². The second-order valence-corrected chi connectivity index (χ2v) is 3.68. The van der Waals surface area contributed by atoms with E-state index in [0.717, 1.165) is 0 Å². The summed E-state index contributed by atoms with van der Waals surface area (Å²) in [6.07, 6.45) is -5.24. The van der Waals surface area contributed by atoms with Crippen LogP contribution in [0.5, 0.6) is 5.75 Å². The van der Waals surface area contributed by atoms with E-state index in [-0.39, 0.29) is 5.84 Å². The van der Waals surface area contributed by atoms with Gasteiger partial charge in [-0.15, -0.1) is 0 Å². The molecule has 0 aliphatic rings. The number of alkyl halides is 3. The maximum atomic E-state index is 11.9. The maximum Gasteiger partial charge on any atom is 0.392 e. The van der Waals surface area contributed by atoms with Crippen LogP contribution in [0.4, 0.5) is 13.2 Å². The Morgan fingerprint density at radius 3 is 2.61 bits per heavy atom. The molecule has 100 valence electrons. The molecule has 0 radical (unpaired) electrons. The van der Waals surface area contributed by atoms with Gasteiger partial charge < -0.3 is 15.7 Å². The van der Waals surface area contributed by atoms with Gasteiger partial charge in [0.05, 0.1) is 13.0 Å². The zero-order chi connectivity index (χ0) is 13.8. The molecule has 0 unspecified atom stereocenters. The number of amidine groups is 1. The molecule has 0 atom stereocenters. The molecule has 0 aliphatic heterocycles. The molecule has 1 aromatic rings. The summed E-state index contributed by atoms with van der Waals surface area (Å²) in [7, 11) is 0. The fraction of sp³-hybridized carbons (Fsp3) is 0.364. The molecule has 0 aliphatic carbocycles. The third kappa shape index (κ3) is 4.15. The molecule has 0 bridgehead atoms. The van der Waals surface area contributed by atoms with Gasteiger partial charge in [0.25, 0.3) is 0 Å². The van der Waals surface area contributed by atoms with Crippen LogP contribution >= 0.6 is 0 Å². The SMILES string of the molecule is Cc1cc(OCCC(F)(F)F)ccc1/C(N)=N/O. The number of nitrogens with two attached hydrogens (primary N) is 1. The number of hydrogen-bond donors (Lipinski definition) is 2. The first-order valence-electron chi connectivity index (χ1n) is 5.11. The largest absolute Gasteiger partial charge is 0.493 e. The number of ether oxygens (including phenoxy) is 1. The van der Waals surface area contributed by atoms with Gasteiger partial charge in [-0.2, -0.15) is 13.2 Å². The molecule has 0 aromatic heterocycles. The van der Waals surface area contributed by atoms with Crippen molar-refractivity contribution in [3.8, 4) is 5.75 Å². The highest BCUT2D eigenvalue weighted by molar-refractivity contribution is 5.98. The van der Waals surface area contributed by atoms with E-state index < -0.39 is 19.2 Å². The highest BCUT2D eigenvalue weighted by Crippen LogP contribution is 2.21. The second kappa shape index (κ2) is 5.61. The Bertz CT molecular complexity index is 444. The lowest BCUT2D eigenvalue weighted by atomic mass is 10.1. The van der Waals surface area contributed by atoms with Gasteiger partial charge in [-0.1, -0.05) is 5.16 Å². The predicted molar refractivity (Wildman–Crippen MR) is 59.9 cm³/mol. The third-order valence-electron chi connectivity index (χ3n) is 2.24. The van der Waals surface area contributed by atoms with Crippen molar-refractivity contribution in [1.82, 2.24) is 0 Å². The van der Waals surface area contributed by atoms with Gasteiger partial charge in [0.1, 0.15) is 5.75 Å². The Labute approximate surface area is 102 Å². The predicted octanol–water partition coefficient (Wildman–Crippen LogP) is 2.42. The van der Waals surface area contributed by atoms with Gasteiger partial charge >= 0.3 is 6.18 Å². The van der Waals surface area contributed by atoms with Crippen LogP contribution in [-0.2, 0) is 0 Å². The number of aryl methyl sites for hydroxylation is 1. The molecule has 1 aromatic carbocycles. The van der Waals surface area contributed by atoms with Crippen molar-refractivity contribution in [3.63, 3.8) is 0 Å². The molecular formula is C11H13F3N2O2. The number of halogens is 3. The third-order valence-corrected chi connectivity index (χ3v) is 2.24. The minimum absolute atomic E-state index is 0.0608. The van der Waals surface area contributed by atoms with Crippen LogP contribution < -0.4 is 10.5 Å². The highest BCUT2D eigenvalue weighted by atomic mass is 19.4. The molecule has 18 heavy (non-hydrogen) atoms. The lowest BCUT2D eigenvalue weighted by Gasteiger charge is -2.10. The van der Waals surface area contributed by atoms with Crippen LogP contribution in [0.15, 0.2) is 23.4 Å². The van der Waals surface area contributed by atoms with Crippen molar-refractivity contribution < 1.29 is 23.1 Å². The zero-order valence-electron chi connectivity index (χ0n) is 9.66. The van der Waals surface area contributed by atoms with Crippen LogP contribution in [0.1, 0.15) is 17.5 Å². The normalized spacial score (nSPS) is 12.6. The van der Waals surface area contributed by atoms with Crippen LogP contribution in [0.3, 0.4) is 0 Å². The molecule has 4 nitrogen and oxygen atoms in total. The molecule has 0 saturated carbocycles. The van der Waals surface area contributed by atoms with E-state index in [9.17, 15) is 13.2 Å². The van der Waals surface area contributed by atoms with Crippen LogP contribution in [0, 0.1) is 6.92 Å². The van der Waals surface area contributed by atoms with Crippen molar-refractivity contribution in [1.29, 1.82) is 0 Å². The van der Waals surface area contributed by atoms with E-state index in [2.05, 4.69) is 5.16 Å². The molecule has 1 rings (SSSR count). The van der Waals surface area contributed by atoms with Crippen molar-refractivity contribution in [2.45, 2.75) is 19.5 Å². The van der Waals surface area contributed by atoms with E-state index in [1.54, 1.807) is 6.92 Å². The smallest absolute Gasteiger partial charge is 0.392 e. The summed E-state index contributed by atoms with van der Waals surface area (Å²) in [5, 5.41) is 11.4. The Balaban J connectivity index is 2.68. The number of hydrogen-bond acceptors (Lipinski definition) is 3. The van der Waals surface area contributed by atoms with Crippen molar-refractivity contribution in [2.75, 3.05) is 6.61 Å². The van der Waals surface area contributed by atoms with Crippen LogP contribution in [0.2, 0.25) is 0 Å². The van der Waals surface area contributed by atoms with E-state index in [4.69, 9.17) is 15.7 Å². The maximum absolute atomic E-state index is 11.9. The number of nitrogens with zero attached hydrogens (tertiary/aromatic N) is 1. The number of oxime groups is 1. The van der Waals surface area contributed by atoms with E-state index in [1.165, 1.54) is 18.2 Å². The number of rotatable bonds is 4. The number of benzene rings is 1. The molecule has 0 amide bonds. The van der Waals surface area contributed by atoms with Gasteiger partial charge in [-0.3, -0.25) is 0 Å². The average molecular weight is 262 g/mol. The topological polar surface area (TPSA) is 67.8 Å². The highest BCUT2D eigenvalue weighted by Gasteiger charge is 2.26. The Hall–Kier alpha value is -1.92. The fourth-order valence-corrected chi connectivity index (χ4v) is 1.35. The van der Waals surface area contributed by atoms with Gasteiger partial charge in [0, 0.05) is 5.56 Å². The van der Waals surface area contributed by atoms with Gasteiger partial charge in [0.15, 0.2) is 5.84 Å². The quantitative estimate of drug-likeness (QED) is 0.379. The van der Waals surface area contributed by atoms with Gasteiger partial charge in [0.2, 0.25) is 0 Å². The Kier molecular flexibility index (Phi) is 4.41. The second-order valence-electron chi connectivity index (χ2n) is 3.68. The molecular weight excluding hydrogens is 249 g/mol. The van der Waals surface area contributed by atoms with Crippen LogP contribution in [-0.4, -0.2) is 23.8 Å². The summed E-state index contributed by atoms with van der Waals surface area (Å²) >= 11 is 0. The lowest BCUT2D eigenvalue weighted by molar-refractivity contribution is -0.139. The first kappa shape index (κ1) is 14.1. The summed E-state index contributed by atoms with van der Waals surface area (Å²) in [4.78, 5) is 0. The Morgan fingerprint density at radius 2 is 2.11 bits per heavy atom. The Morgan fingerprint density at radius 1 is 1.44 bits per heavy atom. The molecule has 3 N–H and O–H groups in total. The molecule has 0 saturated heterocycles. The summed E-state index contributed by atoms with van der Waals surface area (Å²) in [6, 6.07) is 4.52. The molecule has 7 heteroatoms. The standard InChI is InChI=1S/C11H13F3N2O2/c1-7-6-8(18-5-4-11(12,13)14)2-3-9(7)10(15)16-17/h2-3,6,17H,4-5H2,1H3,(H2,15,16). The monoisotopic (exact) mass is 262 g/mol. The van der Waals surface area contributed by atoms with Crippen LogP contribution in [0.25, 0.3) is 0 Å². The van der Waals surface area contributed by atoms with Gasteiger partial charge in [-0.25, -0.2) is 0 Å². The van der Waals surface area contributed by atoms with E-state index >= 15 is 0 Å². The summed E-state index contributed by atoms with van der Waals surface area (Å²) in [5.41, 5.74) is 6.56. The zero-order valence-corrected chi connectivity index (χ0v) is 9.66. The summed E-state index contributed by atoms with van der Waals surface area (Å²) in [5.74, 6) is 0.251. The lowest BCUT2D eigenvalue weighted by Crippen LogP contribution is -2.15. The van der Waals surface area contributed by atoms with E-state index in [1.807, 2.05) is 0 Å². The minimum atomic E-state index is -4.23. The van der Waals surface area contributed by atoms with E-state index in [0.29, 0.717) is 16.9 Å². The average Bonchev–Trinajstić information content (AvgIpc) is 2.26. The van der Waals surface area contributed by atoms with Crippen molar-refractivity contribution in [3.05, 3.63) is 29.3 Å². The fourth-order valence-electron chi connectivity index (χ4n) is 1.35. The summed E-state index contributed by atoms with van der Waals surface area (Å²) in [6.45, 7) is 1.25. The van der Waals surface area contributed by atoms with Crippen molar-refractivity contribution >= 4 is 5.84 Å².